The molecule has 1 N–H and O–H groups in total. The van der Waals surface area contributed by atoms with Crippen LogP contribution >= 0.6 is 15.9 Å². The van der Waals surface area contributed by atoms with Crippen molar-refractivity contribution in [2.24, 2.45) is 5.92 Å². The van der Waals surface area contributed by atoms with E-state index in [2.05, 4.69) is 21.2 Å². The van der Waals surface area contributed by atoms with Gasteiger partial charge >= 0.3 is 5.97 Å². The van der Waals surface area contributed by atoms with Crippen LogP contribution in [0.3, 0.4) is 0 Å². The molecule has 0 bridgehead atoms. The topological polar surface area (TPSA) is 55.4 Å². The van der Waals surface area contributed by atoms with Crippen LogP contribution in [0.4, 0.5) is 0 Å². The fourth-order valence-electron chi connectivity index (χ4n) is 2.71. The second-order valence-corrected chi connectivity index (χ2v) is 6.38. The van der Waals surface area contributed by atoms with Gasteiger partial charge in [0.15, 0.2) is 0 Å². The van der Waals surface area contributed by atoms with E-state index in [-0.39, 0.29) is 23.8 Å². The molecule has 1 aliphatic rings. The van der Waals surface area contributed by atoms with Crippen molar-refractivity contribution >= 4 is 27.8 Å². The molecule has 1 amide bonds. The van der Waals surface area contributed by atoms with Gasteiger partial charge in [0.2, 0.25) is 0 Å². The number of ether oxygens (including phenoxy) is 1. The molecule has 1 fully saturated rings. The highest BCUT2D eigenvalue weighted by Gasteiger charge is 2.28. The maximum absolute atomic E-state index is 12.3. The second kappa shape index (κ2) is 7.07. The minimum atomic E-state index is -0.138. The number of benzene rings is 1. The molecule has 1 aromatic rings. The predicted octanol–water partition coefficient (Wildman–Crippen LogP) is 3.22. The molecule has 0 atom stereocenters. The third-order valence-electron chi connectivity index (χ3n) is 3.97. The molecule has 0 heterocycles. The monoisotopic (exact) mass is 353 g/mol. The Balaban J connectivity index is 1.91. The SMILES string of the molecule is COC(=O)C1CCC(NC(=O)c2ccc(C)cc2Br)CC1. The summed E-state index contributed by atoms with van der Waals surface area (Å²) >= 11 is 3.43. The highest BCUT2D eigenvalue weighted by Crippen LogP contribution is 2.26. The number of amides is 1. The molecule has 21 heavy (non-hydrogen) atoms. The smallest absolute Gasteiger partial charge is 0.308 e. The van der Waals surface area contributed by atoms with Crippen molar-refractivity contribution < 1.29 is 14.3 Å². The summed E-state index contributed by atoms with van der Waals surface area (Å²) in [7, 11) is 1.42. The lowest BCUT2D eigenvalue weighted by Crippen LogP contribution is -2.39. The molecular weight excluding hydrogens is 334 g/mol. The third-order valence-corrected chi connectivity index (χ3v) is 4.62. The van der Waals surface area contributed by atoms with Crippen LogP contribution in [0.2, 0.25) is 0 Å². The van der Waals surface area contributed by atoms with Gasteiger partial charge in [-0.15, -0.1) is 0 Å². The fraction of sp³-hybridized carbons (Fsp3) is 0.500. The van der Waals surface area contributed by atoms with E-state index >= 15 is 0 Å². The number of carbonyl (C=O) groups excluding carboxylic acids is 2. The van der Waals surface area contributed by atoms with Crippen LogP contribution in [0, 0.1) is 12.8 Å². The number of nitrogens with one attached hydrogen (secondary N) is 1. The average molecular weight is 354 g/mol. The first-order valence-electron chi connectivity index (χ1n) is 7.16. The molecular formula is C16H20BrNO3. The van der Waals surface area contributed by atoms with Crippen molar-refractivity contribution in [3.63, 3.8) is 0 Å². The van der Waals surface area contributed by atoms with Crippen molar-refractivity contribution in [2.45, 2.75) is 38.6 Å². The molecule has 0 spiro atoms. The molecule has 0 radical (unpaired) electrons. The second-order valence-electron chi connectivity index (χ2n) is 5.53. The van der Waals surface area contributed by atoms with Crippen LogP contribution in [-0.4, -0.2) is 25.0 Å². The zero-order valence-electron chi connectivity index (χ0n) is 12.3. The van der Waals surface area contributed by atoms with Crippen molar-refractivity contribution in [3.05, 3.63) is 33.8 Å². The summed E-state index contributed by atoms with van der Waals surface area (Å²) in [6.07, 6.45) is 3.17. The first-order valence-corrected chi connectivity index (χ1v) is 7.95. The molecule has 1 aliphatic carbocycles. The largest absolute Gasteiger partial charge is 0.469 e. The lowest BCUT2D eigenvalue weighted by atomic mass is 9.86. The Morgan fingerprint density at radius 2 is 1.90 bits per heavy atom. The van der Waals surface area contributed by atoms with Crippen molar-refractivity contribution in [1.82, 2.24) is 5.32 Å². The van der Waals surface area contributed by atoms with Gasteiger partial charge in [0.25, 0.3) is 5.91 Å². The van der Waals surface area contributed by atoms with Crippen molar-refractivity contribution in [2.75, 3.05) is 7.11 Å². The highest BCUT2D eigenvalue weighted by molar-refractivity contribution is 9.10. The molecule has 1 saturated carbocycles. The maximum Gasteiger partial charge on any atom is 0.308 e. The normalized spacial score (nSPS) is 21.7. The number of aryl methyl sites for hydroxylation is 1. The zero-order chi connectivity index (χ0) is 15.4. The van der Waals surface area contributed by atoms with E-state index in [9.17, 15) is 9.59 Å². The number of hydrogen-bond acceptors (Lipinski definition) is 3. The first kappa shape index (κ1) is 16.0. The van der Waals surface area contributed by atoms with Crippen LogP contribution in [-0.2, 0) is 9.53 Å². The van der Waals surface area contributed by atoms with Gasteiger partial charge in [0.1, 0.15) is 0 Å². The molecule has 1 aromatic carbocycles. The van der Waals surface area contributed by atoms with Gasteiger partial charge in [-0.3, -0.25) is 9.59 Å². The Labute approximate surface area is 133 Å². The summed E-state index contributed by atoms with van der Waals surface area (Å²) < 4.78 is 5.58. The number of halogens is 1. The van der Waals surface area contributed by atoms with Crippen LogP contribution in [0.5, 0.6) is 0 Å². The predicted molar refractivity (Wildman–Crippen MR) is 84.1 cm³/mol. The van der Waals surface area contributed by atoms with Crippen LogP contribution < -0.4 is 5.32 Å². The Hall–Kier alpha value is -1.36. The van der Waals surface area contributed by atoms with Crippen LogP contribution in [0.1, 0.15) is 41.6 Å². The van der Waals surface area contributed by atoms with Gasteiger partial charge in [0.05, 0.1) is 18.6 Å². The Kier molecular flexibility index (Phi) is 5.39. The average Bonchev–Trinajstić information content (AvgIpc) is 2.47. The summed E-state index contributed by atoms with van der Waals surface area (Å²) in [5.74, 6) is -0.223. The number of rotatable bonds is 3. The van der Waals surface area contributed by atoms with E-state index < -0.39 is 0 Å². The number of carbonyl (C=O) groups is 2. The molecule has 114 valence electrons. The quantitative estimate of drug-likeness (QED) is 0.848. The fourth-order valence-corrected chi connectivity index (χ4v) is 3.38. The summed E-state index contributed by atoms with van der Waals surface area (Å²) in [6.45, 7) is 1.99. The molecule has 2 rings (SSSR count). The highest BCUT2D eigenvalue weighted by atomic mass is 79.9. The summed E-state index contributed by atoms with van der Waals surface area (Å²) in [6, 6.07) is 5.82. The minimum Gasteiger partial charge on any atom is -0.469 e. The zero-order valence-corrected chi connectivity index (χ0v) is 13.9. The summed E-state index contributed by atoms with van der Waals surface area (Å²) in [5.41, 5.74) is 1.76. The summed E-state index contributed by atoms with van der Waals surface area (Å²) in [4.78, 5) is 23.8. The first-order chi connectivity index (χ1) is 10.0. The Morgan fingerprint density at radius 3 is 2.48 bits per heavy atom. The molecule has 0 aromatic heterocycles. The van der Waals surface area contributed by atoms with Gasteiger partial charge < -0.3 is 10.1 Å². The van der Waals surface area contributed by atoms with Gasteiger partial charge in [-0.1, -0.05) is 6.07 Å². The van der Waals surface area contributed by atoms with Crippen molar-refractivity contribution in [3.8, 4) is 0 Å². The van der Waals surface area contributed by atoms with E-state index in [1.807, 2.05) is 25.1 Å². The van der Waals surface area contributed by atoms with Gasteiger partial charge in [-0.25, -0.2) is 0 Å². The lowest BCUT2D eigenvalue weighted by Gasteiger charge is -2.27. The van der Waals surface area contributed by atoms with Crippen LogP contribution in [0.25, 0.3) is 0 Å². The van der Waals surface area contributed by atoms with E-state index in [0.717, 1.165) is 35.7 Å². The Bertz CT molecular complexity index is 536. The standard InChI is InChI=1S/C16H20BrNO3/c1-10-3-8-13(14(17)9-10)15(19)18-12-6-4-11(5-7-12)16(20)21-2/h3,8-9,11-12H,4-7H2,1-2H3,(H,18,19). The van der Waals surface area contributed by atoms with Gasteiger partial charge in [0, 0.05) is 10.5 Å². The van der Waals surface area contributed by atoms with Gasteiger partial charge in [-0.05, 0) is 66.2 Å². The number of methoxy groups -OCH3 is 1. The molecule has 5 heteroatoms. The van der Waals surface area contributed by atoms with E-state index in [1.165, 1.54) is 7.11 Å². The van der Waals surface area contributed by atoms with Gasteiger partial charge in [-0.2, -0.15) is 0 Å². The number of esters is 1. The molecule has 0 aliphatic heterocycles. The van der Waals surface area contributed by atoms with E-state index in [4.69, 9.17) is 4.74 Å². The molecule has 0 saturated heterocycles. The maximum atomic E-state index is 12.3. The van der Waals surface area contributed by atoms with E-state index in [1.54, 1.807) is 0 Å². The van der Waals surface area contributed by atoms with Crippen LogP contribution in [0.15, 0.2) is 22.7 Å². The Morgan fingerprint density at radius 1 is 1.24 bits per heavy atom. The van der Waals surface area contributed by atoms with E-state index in [0.29, 0.717) is 5.56 Å². The van der Waals surface area contributed by atoms with Crippen molar-refractivity contribution in [1.29, 1.82) is 0 Å². The minimum absolute atomic E-state index is 0.0192. The lowest BCUT2D eigenvalue weighted by molar-refractivity contribution is -0.146. The molecule has 4 nitrogen and oxygen atoms in total. The number of hydrogen-bond donors (Lipinski definition) is 1. The third kappa shape index (κ3) is 4.06. The summed E-state index contributed by atoms with van der Waals surface area (Å²) in [5, 5.41) is 3.05. The molecule has 0 unspecified atom stereocenters.